The number of nitro benzene ring substituents is 1. The molecule has 0 unspecified atom stereocenters. The van der Waals surface area contributed by atoms with Crippen molar-refractivity contribution in [3.63, 3.8) is 0 Å². The summed E-state index contributed by atoms with van der Waals surface area (Å²) in [5.41, 5.74) is 0.180. The first-order valence-electron chi connectivity index (χ1n) is 8.95. The third-order valence-corrected chi connectivity index (χ3v) is 5.27. The van der Waals surface area contributed by atoms with Gasteiger partial charge in [-0.05, 0) is 49.6 Å². The number of benzene rings is 2. The SMILES string of the molecule is CCOc1ccc(NC(=O)C2(c3ccc(Cl)cc3)CCCC2)c([N+](=O)[O-])c1. The Morgan fingerprint density at radius 3 is 2.48 bits per heavy atom. The van der Waals surface area contributed by atoms with Gasteiger partial charge in [0, 0.05) is 5.02 Å². The largest absolute Gasteiger partial charge is 0.494 e. The number of rotatable bonds is 6. The van der Waals surface area contributed by atoms with Gasteiger partial charge >= 0.3 is 0 Å². The van der Waals surface area contributed by atoms with Crippen LogP contribution in [0.5, 0.6) is 5.75 Å². The molecule has 1 aliphatic rings. The monoisotopic (exact) mass is 388 g/mol. The second-order valence-electron chi connectivity index (χ2n) is 6.62. The van der Waals surface area contributed by atoms with E-state index < -0.39 is 10.3 Å². The number of nitrogens with zero attached hydrogens (tertiary/aromatic N) is 1. The minimum Gasteiger partial charge on any atom is -0.494 e. The fourth-order valence-corrected chi connectivity index (χ4v) is 3.79. The van der Waals surface area contributed by atoms with Crippen LogP contribution in [0.1, 0.15) is 38.2 Å². The lowest BCUT2D eigenvalue weighted by atomic mass is 9.78. The standard InChI is InChI=1S/C20H21ClN2O4/c1-2-27-16-9-10-17(18(13-16)23(25)26)22-19(24)20(11-3-4-12-20)14-5-7-15(21)8-6-14/h5-10,13H,2-4,11-12H2,1H3,(H,22,24). The van der Waals surface area contributed by atoms with Crippen LogP contribution in [0.4, 0.5) is 11.4 Å². The van der Waals surface area contributed by atoms with E-state index in [2.05, 4.69) is 5.32 Å². The highest BCUT2D eigenvalue weighted by Crippen LogP contribution is 2.43. The normalized spacial score (nSPS) is 15.3. The van der Waals surface area contributed by atoms with E-state index in [4.69, 9.17) is 16.3 Å². The summed E-state index contributed by atoms with van der Waals surface area (Å²) in [4.78, 5) is 24.1. The lowest BCUT2D eigenvalue weighted by Gasteiger charge is -2.28. The van der Waals surface area contributed by atoms with E-state index in [9.17, 15) is 14.9 Å². The molecule has 0 radical (unpaired) electrons. The second kappa shape index (κ2) is 7.96. The van der Waals surface area contributed by atoms with Crippen LogP contribution < -0.4 is 10.1 Å². The average molecular weight is 389 g/mol. The number of hydrogen-bond donors (Lipinski definition) is 1. The Balaban J connectivity index is 1.93. The lowest BCUT2D eigenvalue weighted by Crippen LogP contribution is -2.38. The van der Waals surface area contributed by atoms with E-state index in [0.29, 0.717) is 30.2 Å². The second-order valence-corrected chi connectivity index (χ2v) is 7.06. The molecule has 2 aromatic rings. The average Bonchev–Trinajstić information content (AvgIpc) is 3.14. The molecule has 1 saturated carbocycles. The minimum absolute atomic E-state index is 0.175. The molecule has 0 aliphatic heterocycles. The molecule has 142 valence electrons. The number of amides is 1. The molecule has 2 aromatic carbocycles. The van der Waals surface area contributed by atoms with Crippen molar-refractivity contribution in [2.75, 3.05) is 11.9 Å². The molecule has 7 heteroatoms. The Labute approximate surface area is 162 Å². The molecule has 1 fully saturated rings. The number of ether oxygens (including phenoxy) is 1. The molecule has 27 heavy (non-hydrogen) atoms. The molecule has 0 heterocycles. The quantitative estimate of drug-likeness (QED) is 0.551. The van der Waals surface area contributed by atoms with Crippen molar-refractivity contribution in [3.05, 3.63) is 63.2 Å². The van der Waals surface area contributed by atoms with Gasteiger partial charge in [0.2, 0.25) is 5.91 Å². The first-order valence-corrected chi connectivity index (χ1v) is 9.33. The van der Waals surface area contributed by atoms with Crippen LogP contribution in [0.3, 0.4) is 0 Å². The number of anilines is 1. The van der Waals surface area contributed by atoms with Crippen LogP contribution in [0.25, 0.3) is 0 Å². The predicted octanol–water partition coefficient (Wildman–Crippen LogP) is 5.10. The van der Waals surface area contributed by atoms with Gasteiger partial charge in [0.1, 0.15) is 11.4 Å². The molecular formula is C20H21ClN2O4. The fourth-order valence-electron chi connectivity index (χ4n) is 3.66. The maximum atomic E-state index is 13.2. The zero-order valence-corrected chi connectivity index (χ0v) is 15.8. The summed E-state index contributed by atoms with van der Waals surface area (Å²) < 4.78 is 5.33. The molecule has 6 nitrogen and oxygen atoms in total. The third kappa shape index (κ3) is 3.90. The van der Waals surface area contributed by atoms with Gasteiger partial charge in [-0.15, -0.1) is 0 Å². The molecule has 1 aliphatic carbocycles. The van der Waals surface area contributed by atoms with Gasteiger partial charge in [0.15, 0.2) is 0 Å². The fraction of sp³-hybridized carbons (Fsp3) is 0.350. The van der Waals surface area contributed by atoms with E-state index in [-0.39, 0.29) is 17.3 Å². The van der Waals surface area contributed by atoms with Crippen LogP contribution in [0.15, 0.2) is 42.5 Å². The summed E-state index contributed by atoms with van der Waals surface area (Å²) in [5, 5.41) is 14.8. The van der Waals surface area contributed by atoms with E-state index in [1.54, 1.807) is 25.1 Å². The summed E-state index contributed by atoms with van der Waals surface area (Å²) in [7, 11) is 0. The Morgan fingerprint density at radius 1 is 1.22 bits per heavy atom. The third-order valence-electron chi connectivity index (χ3n) is 5.01. The maximum Gasteiger partial charge on any atom is 0.296 e. The van der Waals surface area contributed by atoms with Crippen LogP contribution >= 0.6 is 11.6 Å². The van der Waals surface area contributed by atoms with Crippen molar-refractivity contribution in [1.29, 1.82) is 0 Å². The molecule has 1 N–H and O–H groups in total. The smallest absolute Gasteiger partial charge is 0.296 e. The molecule has 3 rings (SSSR count). The van der Waals surface area contributed by atoms with Crippen molar-refractivity contribution in [1.82, 2.24) is 0 Å². The van der Waals surface area contributed by atoms with Crippen LogP contribution in [0.2, 0.25) is 5.02 Å². The van der Waals surface area contributed by atoms with E-state index in [0.717, 1.165) is 18.4 Å². The molecule has 0 spiro atoms. The summed E-state index contributed by atoms with van der Waals surface area (Å²) in [6.07, 6.45) is 3.26. The number of hydrogen-bond acceptors (Lipinski definition) is 4. The number of carbonyl (C=O) groups excluding carboxylic acids is 1. The highest BCUT2D eigenvalue weighted by molar-refractivity contribution is 6.30. The minimum atomic E-state index is -0.697. The Hall–Kier alpha value is -2.60. The zero-order valence-electron chi connectivity index (χ0n) is 15.0. The zero-order chi connectivity index (χ0) is 19.4. The summed E-state index contributed by atoms with van der Waals surface area (Å²) >= 11 is 5.98. The number of nitrogens with one attached hydrogen (secondary N) is 1. The molecule has 0 aromatic heterocycles. The van der Waals surface area contributed by atoms with Gasteiger partial charge in [-0.2, -0.15) is 0 Å². The van der Waals surface area contributed by atoms with Gasteiger partial charge in [-0.1, -0.05) is 36.6 Å². The van der Waals surface area contributed by atoms with Gasteiger partial charge in [0.25, 0.3) is 5.69 Å². The first-order chi connectivity index (χ1) is 13.0. The molecule has 0 saturated heterocycles. The van der Waals surface area contributed by atoms with E-state index >= 15 is 0 Å². The van der Waals surface area contributed by atoms with Crippen molar-refractivity contribution in [3.8, 4) is 5.75 Å². The highest BCUT2D eigenvalue weighted by atomic mass is 35.5. The highest BCUT2D eigenvalue weighted by Gasteiger charge is 2.43. The summed E-state index contributed by atoms with van der Waals surface area (Å²) in [6, 6.07) is 11.7. The first kappa shape index (κ1) is 19.2. The van der Waals surface area contributed by atoms with E-state index in [1.165, 1.54) is 12.1 Å². The maximum absolute atomic E-state index is 13.2. The van der Waals surface area contributed by atoms with Crippen molar-refractivity contribution >= 4 is 28.9 Å². The van der Waals surface area contributed by atoms with Gasteiger partial charge in [-0.3, -0.25) is 14.9 Å². The van der Waals surface area contributed by atoms with Crippen molar-refractivity contribution in [2.24, 2.45) is 0 Å². The number of nitro groups is 1. The Kier molecular flexibility index (Phi) is 5.65. The van der Waals surface area contributed by atoms with Crippen LogP contribution in [0, 0.1) is 10.1 Å². The van der Waals surface area contributed by atoms with E-state index in [1.807, 2.05) is 12.1 Å². The van der Waals surface area contributed by atoms with Crippen LogP contribution in [-0.4, -0.2) is 17.4 Å². The van der Waals surface area contributed by atoms with Gasteiger partial charge in [-0.25, -0.2) is 0 Å². The van der Waals surface area contributed by atoms with Crippen LogP contribution in [-0.2, 0) is 10.2 Å². The Morgan fingerprint density at radius 2 is 1.89 bits per heavy atom. The Bertz CT molecular complexity index is 846. The lowest BCUT2D eigenvalue weighted by molar-refractivity contribution is -0.384. The van der Waals surface area contributed by atoms with Gasteiger partial charge in [0.05, 0.1) is 23.0 Å². The summed E-state index contributed by atoms with van der Waals surface area (Å²) in [5.74, 6) is 0.171. The number of carbonyl (C=O) groups is 1. The topological polar surface area (TPSA) is 81.5 Å². The molecule has 0 bridgehead atoms. The van der Waals surface area contributed by atoms with Gasteiger partial charge < -0.3 is 10.1 Å². The van der Waals surface area contributed by atoms with Crippen molar-refractivity contribution in [2.45, 2.75) is 38.0 Å². The molecule has 0 atom stereocenters. The predicted molar refractivity (Wildman–Crippen MR) is 104 cm³/mol. The molecule has 1 amide bonds. The number of halogens is 1. The summed E-state index contributed by atoms with van der Waals surface area (Å²) in [6.45, 7) is 2.21. The molecular weight excluding hydrogens is 368 g/mol. The van der Waals surface area contributed by atoms with Crippen molar-refractivity contribution < 1.29 is 14.5 Å².